The van der Waals surface area contributed by atoms with Gasteiger partial charge in [-0.15, -0.1) is 0 Å². The first-order chi connectivity index (χ1) is 19.0. The molecule has 210 valence electrons. The number of alkyl carbamates (subject to hydrolysis) is 1. The number of nitrogens with two attached hydrogens (primary N) is 2. The molecule has 10 heteroatoms. The molecule has 0 saturated carbocycles. The molecule has 0 heterocycles. The van der Waals surface area contributed by atoms with Crippen molar-refractivity contribution in [2.24, 2.45) is 11.5 Å². The Morgan fingerprint density at radius 2 is 1.35 bits per heavy atom. The van der Waals surface area contributed by atoms with E-state index in [0.717, 1.165) is 0 Å². The van der Waals surface area contributed by atoms with Crippen LogP contribution >= 0.6 is 0 Å². The van der Waals surface area contributed by atoms with E-state index in [1.165, 1.54) is 24.3 Å². The summed E-state index contributed by atoms with van der Waals surface area (Å²) in [5.41, 5.74) is 10.6. The lowest BCUT2D eigenvalue weighted by Gasteiger charge is -2.34. The van der Waals surface area contributed by atoms with Gasteiger partial charge < -0.3 is 21.5 Å². The Morgan fingerprint density at radius 1 is 0.825 bits per heavy atom. The van der Waals surface area contributed by atoms with Crippen molar-refractivity contribution in [3.63, 3.8) is 0 Å². The summed E-state index contributed by atoms with van der Waals surface area (Å²) in [4.78, 5) is 50.7. The molecule has 8 nitrogen and oxygen atoms in total. The number of alkyl halides is 2. The van der Waals surface area contributed by atoms with Crippen molar-refractivity contribution >= 4 is 23.6 Å². The number of benzene rings is 3. The molecular formula is C30H31F2N3O5. The molecule has 0 spiro atoms. The monoisotopic (exact) mass is 551 g/mol. The highest BCUT2D eigenvalue weighted by Crippen LogP contribution is 2.35. The van der Waals surface area contributed by atoms with E-state index < -0.39 is 60.3 Å². The molecule has 3 aromatic carbocycles. The molecule has 0 saturated heterocycles. The number of ketones is 2. The summed E-state index contributed by atoms with van der Waals surface area (Å²) < 4.78 is 35.9. The maximum absolute atomic E-state index is 15.4. The molecule has 0 aliphatic rings. The summed E-state index contributed by atoms with van der Waals surface area (Å²) in [6.45, 7) is -0.148. The van der Waals surface area contributed by atoms with E-state index in [1.54, 1.807) is 66.7 Å². The zero-order chi connectivity index (χ0) is 29.2. The summed E-state index contributed by atoms with van der Waals surface area (Å²) in [6, 6.07) is 22.9. The molecule has 0 aromatic heterocycles. The van der Waals surface area contributed by atoms with Crippen LogP contribution in [0.4, 0.5) is 13.6 Å². The van der Waals surface area contributed by atoms with Gasteiger partial charge in [0.1, 0.15) is 18.2 Å². The fourth-order valence-corrected chi connectivity index (χ4v) is 4.23. The zero-order valence-electron chi connectivity index (χ0n) is 21.7. The van der Waals surface area contributed by atoms with Crippen LogP contribution in [0, 0.1) is 0 Å². The number of hydrogen-bond donors (Lipinski definition) is 3. The third kappa shape index (κ3) is 8.28. The number of Topliss-reactive ketones (excluding diaryl/α,β-unsaturated/α-hetero) is 2. The van der Waals surface area contributed by atoms with Crippen molar-refractivity contribution in [1.29, 1.82) is 0 Å². The SMILES string of the molecule is NC(=O)C[C@H](NC(=O)OCc1ccccc1)C(=O)[C@](N)(CC(F)(F)C(=O)CCc1ccccc1)c1ccccc1. The number of nitrogens with one attached hydrogen (secondary N) is 1. The van der Waals surface area contributed by atoms with Crippen LogP contribution in [0.1, 0.15) is 36.0 Å². The third-order valence-corrected chi connectivity index (χ3v) is 6.35. The van der Waals surface area contributed by atoms with E-state index in [9.17, 15) is 19.2 Å². The van der Waals surface area contributed by atoms with Crippen LogP contribution in [0.15, 0.2) is 91.0 Å². The van der Waals surface area contributed by atoms with Crippen molar-refractivity contribution < 1.29 is 32.7 Å². The van der Waals surface area contributed by atoms with Crippen LogP contribution < -0.4 is 16.8 Å². The summed E-state index contributed by atoms with van der Waals surface area (Å²) in [6.07, 6.45) is -3.59. The van der Waals surface area contributed by atoms with Crippen LogP contribution in [-0.2, 0) is 37.7 Å². The standard InChI is InChI=1S/C30H31F2N3O5/c31-30(32,25(36)17-16-21-10-4-1-5-11-21)20-29(34,23-14-8-3-9-15-23)27(38)24(18-26(33)37)35-28(39)40-19-22-12-6-2-7-13-22/h1-15,24H,16-20,34H2,(H2,33,37)(H,35,39)/t24-,29-/m0/s1. The smallest absolute Gasteiger partial charge is 0.408 e. The summed E-state index contributed by atoms with van der Waals surface area (Å²) in [7, 11) is 0. The van der Waals surface area contributed by atoms with Crippen LogP contribution in [0.3, 0.4) is 0 Å². The Morgan fingerprint density at radius 3 is 1.90 bits per heavy atom. The molecule has 5 N–H and O–H groups in total. The average Bonchev–Trinajstić information content (AvgIpc) is 2.95. The van der Waals surface area contributed by atoms with Crippen molar-refractivity contribution in [2.45, 2.75) is 49.8 Å². The second-order valence-corrected chi connectivity index (χ2v) is 9.42. The Labute approximate surface area is 230 Å². The average molecular weight is 552 g/mol. The number of primary amides is 1. The van der Waals surface area contributed by atoms with E-state index in [2.05, 4.69) is 5.32 Å². The maximum atomic E-state index is 15.4. The molecule has 0 radical (unpaired) electrons. The number of carbonyl (C=O) groups excluding carboxylic acids is 4. The lowest BCUT2D eigenvalue weighted by molar-refractivity contribution is -0.149. The van der Waals surface area contributed by atoms with E-state index in [1.807, 2.05) is 0 Å². The van der Waals surface area contributed by atoms with Crippen molar-refractivity contribution in [3.8, 4) is 0 Å². The van der Waals surface area contributed by atoms with Crippen LogP contribution in [0.5, 0.6) is 0 Å². The van der Waals surface area contributed by atoms with Gasteiger partial charge >= 0.3 is 12.0 Å². The molecule has 0 aliphatic carbocycles. The second kappa shape index (κ2) is 13.6. The van der Waals surface area contributed by atoms with Crippen LogP contribution in [0.2, 0.25) is 0 Å². The van der Waals surface area contributed by atoms with Crippen molar-refractivity contribution in [2.75, 3.05) is 0 Å². The molecule has 0 unspecified atom stereocenters. The van der Waals surface area contributed by atoms with Gasteiger partial charge in [-0.05, 0) is 23.1 Å². The number of ether oxygens (including phenoxy) is 1. The quantitative estimate of drug-likeness (QED) is 0.278. The topological polar surface area (TPSA) is 142 Å². The molecule has 2 amide bonds. The highest BCUT2D eigenvalue weighted by Gasteiger charge is 2.51. The summed E-state index contributed by atoms with van der Waals surface area (Å²) >= 11 is 0. The fourth-order valence-electron chi connectivity index (χ4n) is 4.23. The van der Waals surface area contributed by atoms with Crippen LogP contribution in [-0.4, -0.2) is 35.5 Å². The first-order valence-electron chi connectivity index (χ1n) is 12.6. The minimum atomic E-state index is -4.00. The van der Waals surface area contributed by atoms with Gasteiger partial charge in [-0.1, -0.05) is 91.0 Å². The van der Waals surface area contributed by atoms with Crippen molar-refractivity contribution in [3.05, 3.63) is 108 Å². The number of rotatable bonds is 14. The largest absolute Gasteiger partial charge is 0.445 e. The lowest BCUT2D eigenvalue weighted by atomic mass is 9.77. The molecule has 2 atom stereocenters. The predicted octanol–water partition coefficient (Wildman–Crippen LogP) is 3.81. The minimum absolute atomic E-state index is 0.0237. The lowest BCUT2D eigenvalue weighted by Crippen LogP contribution is -2.58. The Kier molecular flexibility index (Phi) is 10.2. The predicted molar refractivity (Wildman–Crippen MR) is 144 cm³/mol. The highest BCUT2D eigenvalue weighted by molar-refractivity contribution is 5.99. The van der Waals surface area contributed by atoms with Gasteiger partial charge in [-0.25, -0.2) is 4.79 Å². The van der Waals surface area contributed by atoms with E-state index in [0.29, 0.717) is 11.1 Å². The number of hydrogen-bond acceptors (Lipinski definition) is 6. The van der Waals surface area contributed by atoms with Gasteiger partial charge in [0.15, 0.2) is 5.78 Å². The number of amides is 2. The zero-order valence-corrected chi connectivity index (χ0v) is 21.7. The van der Waals surface area contributed by atoms with Crippen LogP contribution in [0.25, 0.3) is 0 Å². The van der Waals surface area contributed by atoms with Gasteiger partial charge in [0, 0.05) is 12.8 Å². The first-order valence-corrected chi connectivity index (χ1v) is 12.6. The second-order valence-electron chi connectivity index (χ2n) is 9.42. The summed E-state index contributed by atoms with van der Waals surface area (Å²) in [5.74, 6) is -7.50. The summed E-state index contributed by atoms with van der Waals surface area (Å²) in [5, 5.41) is 2.23. The Bertz CT molecular complexity index is 1310. The normalized spacial score (nSPS) is 13.5. The maximum Gasteiger partial charge on any atom is 0.408 e. The fraction of sp³-hybridized carbons (Fsp3) is 0.267. The molecule has 0 fully saturated rings. The van der Waals surface area contributed by atoms with Gasteiger partial charge in [0.05, 0.1) is 6.42 Å². The molecular weight excluding hydrogens is 520 g/mol. The molecule has 3 aromatic rings. The molecule has 0 aliphatic heterocycles. The van der Waals surface area contributed by atoms with Gasteiger partial charge in [0.25, 0.3) is 0 Å². The van der Waals surface area contributed by atoms with E-state index in [4.69, 9.17) is 16.2 Å². The minimum Gasteiger partial charge on any atom is -0.445 e. The van der Waals surface area contributed by atoms with Gasteiger partial charge in [-0.2, -0.15) is 8.78 Å². The van der Waals surface area contributed by atoms with Crippen molar-refractivity contribution in [1.82, 2.24) is 5.32 Å². The molecule has 0 bridgehead atoms. The van der Waals surface area contributed by atoms with E-state index in [-0.39, 0.29) is 18.6 Å². The third-order valence-electron chi connectivity index (χ3n) is 6.35. The Balaban J connectivity index is 1.83. The van der Waals surface area contributed by atoms with Gasteiger partial charge in [0.2, 0.25) is 11.7 Å². The number of carbonyl (C=O) groups is 4. The first kappa shape index (κ1) is 30.1. The number of halogens is 2. The van der Waals surface area contributed by atoms with Gasteiger partial charge in [-0.3, -0.25) is 14.4 Å². The number of aryl methyl sites for hydroxylation is 1. The molecule has 40 heavy (non-hydrogen) atoms. The molecule has 3 rings (SSSR count). The highest BCUT2D eigenvalue weighted by atomic mass is 19.3. The van der Waals surface area contributed by atoms with E-state index >= 15 is 8.78 Å². The Hall–Kier alpha value is -4.44.